The van der Waals surface area contributed by atoms with Gasteiger partial charge in [0, 0.05) is 18.8 Å². The third-order valence-electron chi connectivity index (χ3n) is 3.45. The van der Waals surface area contributed by atoms with E-state index in [4.69, 9.17) is 16.3 Å². The van der Waals surface area contributed by atoms with Crippen molar-refractivity contribution < 1.29 is 9.53 Å². The van der Waals surface area contributed by atoms with Gasteiger partial charge in [0.1, 0.15) is 5.15 Å². The van der Waals surface area contributed by atoms with Gasteiger partial charge in [-0.05, 0) is 29.8 Å². The summed E-state index contributed by atoms with van der Waals surface area (Å²) >= 11 is 5.70. The Morgan fingerprint density at radius 2 is 1.91 bits per heavy atom. The number of nitrogens with zero attached hydrogens (tertiary/aromatic N) is 1. The number of morpholine rings is 1. The van der Waals surface area contributed by atoms with Crippen LogP contribution in [0, 0.1) is 0 Å². The quantitative estimate of drug-likeness (QED) is 0.755. The van der Waals surface area contributed by atoms with Crippen molar-refractivity contribution in [3.63, 3.8) is 0 Å². The van der Waals surface area contributed by atoms with E-state index in [1.807, 2.05) is 24.3 Å². The molecule has 6 nitrogen and oxygen atoms in total. The SMILES string of the molecule is O=C(Nc1ccc([C@H]2CNCCO2)cc1)Nc1ccc(Cl)nc1. The number of benzene rings is 1. The van der Waals surface area contributed by atoms with Gasteiger partial charge in [0.25, 0.3) is 0 Å². The zero-order valence-electron chi connectivity index (χ0n) is 12.4. The molecule has 0 radical (unpaired) electrons. The minimum atomic E-state index is -0.336. The van der Waals surface area contributed by atoms with E-state index in [1.165, 1.54) is 6.20 Å². The van der Waals surface area contributed by atoms with Crippen LogP contribution in [0.3, 0.4) is 0 Å². The minimum absolute atomic E-state index is 0.0618. The summed E-state index contributed by atoms with van der Waals surface area (Å²) in [6, 6.07) is 10.6. The Morgan fingerprint density at radius 1 is 1.17 bits per heavy atom. The van der Waals surface area contributed by atoms with Crippen LogP contribution in [0.5, 0.6) is 0 Å². The molecule has 2 aromatic rings. The first-order valence-corrected chi connectivity index (χ1v) is 7.70. The van der Waals surface area contributed by atoms with E-state index >= 15 is 0 Å². The second-order valence-electron chi connectivity index (χ2n) is 5.13. The van der Waals surface area contributed by atoms with Crippen LogP contribution in [-0.2, 0) is 4.74 Å². The average Bonchev–Trinajstić information content (AvgIpc) is 2.58. The third kappa shape index (κ3) is 4.41. The highest BCUT2D eigenvalue weighted by molar-refractivity contribution is 6.29. The van der Waals surface area contributed by atoms with Gasteiger partial charge < -0.3 is 20.7 Å². The standard InChI is InChI=1S/C16H17ClN4O2/c17-15-6-5-13(9-19-15)21-16(22)20-12-3-1-11(2-4-12)14-10-18-7-8-23-14/h1-6,9,14,18H,7-8,10H2,(H2,20,21,22)/t14-/m1/s1. The summed E-state index contributed by atoms with van der Waals surface area (Å²) < 4.78 is 5.69. The average molecular weight is 333 g/mol. The molecule has 1 aromatic carbocycles. The largest absolute Gasteiger partial charge is 0.371 e. The normalized spacial score (nSPS) is 17.5. The van der Waals surface area contributed by atoms with E-state index in [0.717, 1.165) is 18.7 Å². The van der Waals surface area contributed by atoms with E-state index in [0.29, 0.717) is 23.1 Å². The molecule has 0 saturated carbocycles. The first-order valence-electron chi connectivity index (χ1n) is 7.32. The van der Waals surface area contributed by atoms with Gasteiger partial charge in [0.2, 0.25) is 0 Å². The molecule has 1 fully saturated rings. The summed E-state index contributed by atoms with van der Waals surface area (Å²) in [7, 11) is 0. The molecule has 0 unspecified atom stereocenters. The molecule has 1 aliphatic heterocycles. The van der Waals surface area contributed by atoms with Gasteiger partial charge in [0.15, 0.2) is 0 Å². The molecule has 120 valence electrons. The topological polar surface area (TPSA) is 75.3 Å². The molecule has 0 spiro atoms. The molecule has 0 aliphatic carbocycles. The highest BCUT2D eigenvalue weighted by Gasteiger charge is 2.15. The number of hydrogen-bond acceptors (Lipinski definition) is 4. The van der Waals surface area contributed by atoms with Gasteiger partial charge in [-0.2, -0.15) is 0 Å². The number of ether oxygens (including phenoxy) is 1. The van der Waals surface area contributed by atoms with Crippen LogP contribution in [0.2, 0.25) is 5.15 Å². The van der Waals surface area contributed by atoms with E-state index in [-0.39, 0.29) is 12.1 Å². The van der Waals surface area contributed by atoms with Crippen LogP contribution in [0.25, 0.3) is 0 Å². The fraction of sp³-hybridized carbons (Fsp3) is 0.250. The molecule has 3 rings (SSSR count). The van der Waals surface area contributed by atoms with Gasteiger partial charge in [-0.15, -0.1) is 0 Å². The van der Waals surface area contributed by atoms with Crippen molar-refractivity contribution in [2.45, 2.75) is 6.10 Å². The maximum atomic E-state index is 11.9. The Labute approximate surface area is 139 Å². The van der Waals surface area contributed by atoms with Crippen LogP contribution >= 0.6 is 11.6 Å². The second-order valence-corrected chi connectivity index (χ2v) is 5.52. The summed E-state index contributed by atoms with van der Waals surface area (Å²) in [5.41, 5.74) is 2.37. The molecule has 1 atom stereocenters. The van der Waals surface area contributed by atoms with E-state index in [9.17, 15) is 4.79 Å². The number of nitrogens with one attached hydrogen (secondary N) is 3. The Morgan fingerprint density at radius 3 is 2.57 bits per heavy atom. The predicted octanol–water partition coefficient (Wildman–Crippen LogP) is 3.04. The molecule has 2 amide bonds. The third-order valence-corrected chi connectivity index (χ3v) is 3.68. The van der Waals surface area contributed by atoms with E-state index in [1.54, 1.807) is 12.1 Å². The molecule has 23 heavy (non-hydrogen) atoms. The fourth-order valence-corrected chi connectivity index (χ4v) is 2.42. The number of halogens is 1. The minimum Gasteiger partial charge on any atom is -0.371 e. The summed E-state index contributed by atoms with van der Waals surface area (Å²) in [6.45, 7) is 2.40. The number of aromatic nitrogens is 1. The zero-order valence-corrected chi connectivity index (χ0v) is 13.1. The molecular weight excluding hydrogens is 316 g/mol. The smallest absolute Gasteiger partial charge is 0.323 e. The van der Waals surface area contributed by atoms with Gasteiger partial charge in [-0.25, -0.2) is 9.78 Å². The van der Waals surface area contributed by atoms with Crippen molar-refractivity contribution in [2.24, 2.45) is 0 Å². The molecule has 0 bridgehead atoms. The van der Waals surface area contributed by atoms with Crippen molar-refractivity contribution in [3.05, 3.63) is 53.3 Å². The lowest BCUT2D eigenvalue weighted by Gasteiger charge is -2.24. The molecular formula is C16H17ClN4O2. The van der Waals surface area contributed by atoms with Crippen molar-refractivity contribution in [1.82, 2.24) is 10.3 Å². The number of carbonyl (C=O) groups is 1. The van der Waals surface area contributed by atoms with E-state index in [2.05, 4.69) is 20.9 Å². The predicted molar refractivity (Wildman–Crippen MR) is 89.9 cm³/mol. The van der Waals surface area contributed by atoms with Crippen LogP contribution in [-0.4, -0.2) is 30.7 Å². The monoisotopic (exact) mass is 332 g/mol. The Balaban J connectivity index is 1.57. The number of rotatable bonds is 3. The number of anilines is 2. The number of urea groups is 1. The van der Waals surface area contributed by atoms with Crippen LogP contribution in [0.15, 0.2) is 42.6 Å². The summed E-state index contributed by atoms with van der Waals surface area (Å²) in [6.07, 6.45) is 1.56. The molecule has 1 saturated heterocycles. The van der Waals surface area contributed by atoms with E-state index < -0.39 is 0 Å². The summed E-state index contributed by atoms with van der Waals surface area (Å²) in [4.78, 5) is 15.8. The summed E-state index contributed by atoms with van der Waals surface area (Å²) in [5, 5.41) is 9.13. The Hall–Kier alpha value is -2.15. The molecule has 1 aliphatic rings. The van der Waals surface area contributed by atoms with Gasteiger partial charge >= 0.3 is 6.03 Å². The Bertz CT molecular complexity index is 655. The maximum absolute atomic E-state index is 11.9. The maximum Gasteiger partial charge on any atom is 0.323 e. The number of carbonyl (C=O) groups excluding carboxylic acids is 1. The lowest BCUT2D eigenvalue weighted by Crippen LogP contribution is -2.33. The molecule has 7 heteroatoms. The molecule has 1 aromatic heterocycles. The highest BCUT2D eigenvalue weighted by Crippen LogP contribution is 2.20. The molecule has 2 heterocycles. The lowest BCUT2D eigenvalue weighted by molar-refractivity contribution is 0.0277. The highest BCUT2D eigenvalue weighted by atomic mass is 35.5. The van der Waals surface area contributed by atoms with Gasteiger partial charge in [-0.3, -0.25) is 0 Å². The second kappa shape index (κ2) is 7.41. The van der Waals surface area contributed by atoms with Gasteiger partial charge in [0.05, 0.1) is 24.6 Å². The van der Waals surface area contributed by atoms with Crippen LogP contribution in [0.1, 0.15) is 11.7 Å². The van der Waals surface area contributed by atoms with Crippen molar-refractivity contribution in [2.75, 3.05) is 30.3 Å². The van der Waals surface area contributed by atoms with Crippen LogP contribution < -0.4 is 16.0 Å². The van der Waals surface area contributed by atoms with Crippen LogP contribution in [0.4, 0.5) is 16.2 Å². The Kier molecular flexibility index (Phi) is 5.07. The number of pyridine rings is 1. The number of amides is 2. The summed E-state index contributed by atoms with van der Waals surface area (Å²) in [5.74, 6) is 0. The molecule has 3 N–H and O–H groups in total. The first-order chi connectivity index (χ1) is 11.2. The zero-order chi connectivity index (χ0) is 16.1. The fourth-order valence-electron chi connectivity index (χ4n) is 2.30. The lowest BCUT2D eigenvalue weighted by atomic mass is 10.1. The van der Waals surface area contributed by atoms with Crippen molar-refractivity contribution in [1.29, 1.82) is 0 Å². The van der Waals surface area contributed by atoms with Crippen molar-refractivity contribution in [3.8, 4) is 0 Å². The first kappa shape index (κ1) is 15.7. The van der Waals surface area contributed by atoms with Crippen molar-refractivity contribution >= 4 is 29.0 Å². The number of hydrogen-bond donors (Lipinski definition) is 3. The van der Waals surface area contributed by atoms with Gasteiger partial charge in [-0.1, -0.05) is 23.7 Å².